The molecule has 118 valence electrons. The lowest BCUT2D eigenvalue weighted by atomic mass is 9.96. The quantitative estimate of drug-likeness (QED) is 0.861. The van der Waals surface area contributed by atoms with Crippen LogP contribution in [0, 0.1) is 11.8 Å². The molecule has 8 heteroatoms. The second-order valence-corrected chi connectivity index (χ2v) is 5.73. The molecule has 1 aliphatic heterocycles. The standard InChI is InChI=1S/C13H13BrF3NO2.ClH/c14-11-4-2-1-3-8(11)5-18-6-9(12(19)20)10(7-18)13(15,16)17;/h1-4,9-10H,5-7H2,(H,19,20);1H/t9-,10-;/m1./s1. The van der Waals surface area contributed by atoms with Gasteiger partial charge in [-0.05, 0) is 11.6 Å². The van der Waals surface area contributed by atoms with E-state index in [1.165, 1.54) is 4.90 Å². The highest BCUT2D eigenvalue weighted by molar-refractivity contribution is 9.10. The van der Waals surface area contributed by atoms with Crippen molar-refractivity contribution in [3.63, 3.8) is 0 Å². The number of benzene rings is 1. The van der Waals surface area contributed by atoms with E-state index in [-0.39, 0.29) is 25.5 Å². The number of carboxylic acids is 1. The van der Waals surface area contributed by atoms with Gasteiger partial charge in [-0.25, -0.2) is 0 Å². The molecule has 1 aromatic rings. The van der Waals surface area contributed by atoms with E-state index in [4.69, 9.17) is 5.11 Å². The van der Waals surface area contributed by atoms with Gasteiger partial charge in [0, 0.05) is 24.1 Å². The summed E-state index contributed by atoms with van der Waals surface area (Å²) in [6.07, 6.45) is -4.48. The topological polar surface area (TPSA) is 40.5 Å². The normalized spacial score (nSPS) is 22.9. The zero-order valence-electron chi connectivity index (χ0n) is 10.8. The molecule has 0 aromatic heterocycles. The SMILES string of the molecule is Cl.O=C(O)[C@@H]1CN(Cc2ccccc2Br)C[C@H]1C(F)(F)F. The summed E-state index contributed by atoms with van der Waals surface area (Å²) in [5, 5.41) is 8.95. The summed E-state index contributed by atoms with van der Waals surface area (Å²) < 4.78 is 39.4. The largest absolute Gasteiger partial charge is 0.481 e. The van der Waals surface area contributed by atoms with Crippen LogP contribution in [-0.2, 0) is 11.3 Å². The van der Waals surface area contributed by atoms with Crippen molar-refractivity contribution in [2.45, 2.75) is 12.7 Å². The lowest BCUT2D eigenvalue weighted by molar-refractivity contribution is -0.188. The number of likely N-dealkylation sites (tertiary alicyclic amines) is 1. The minimum atomic E-state index is -4.48. The first-order chi connectivity index (χ1) is 9.29. The molecule has 3 nitrogen and oxygen atoms in total. The van der Waals surface area contributed by atoms with Crippen molar-refractivity contribution < 1.29 is 23.1 Å². The van der Waals surface area contributed by atoms with Gasteiger partial charge in [-0.15, -0.1) is 12.4 Å². The number of alkyl halides is 3. The van der Waals surface area contributed by atoms with Gasteiger partial charge in [0.1, 0.15) is 0 Å². The maximum Gasteiger partial charge on any atom is 0.393 e. The van der Waals surface area contributed by atoms with Crippen LogP contribution < -0.4 is 0 Å². The van der Waals surface area contributed by atoms with Gasteiger partial charge in [-0.1, -0.05) is 34.1 Å². The van der Waals surface area contributed by atoms with Gasteiger partial charge in [0.25, 0.3) is 0 Å². The monoisotopic (exact) mass is 387 g/mol. The summed E-state index contributed by atoms with van der Waals surface area (Å²) in [6, 6.07) is 7.23. The number of carbonyl (C=O) groups is 1. The van der Waals surface area contributed by atoms with Gasteiger partial charge in [0.05, 0.1) is 11.8 Å². The fourth-order valence-electron chi connectivity index (χ4n) is 2.46. The highest BCUT2D eigenvalue weighted by Crippen LogP contribution is 2.38. The van der Waals surface area contributed by atoms with Crippen molar-refractivity contribution in [2.75, 3.05) is 13.1 Å². The molecule has 1 saturated heterocycles. The Bertz CT molecular complexity index is 512. The summed E-state index contributed by atoms with van der Waals surface area (Å²) in [4.78, 5) is 12.5. The molecule has 0 bridgehead atoms. The van der Waals surface area contributed by atoms with E-state index < -0.39 is 24.0 Å². The minimum absolute atomic E-state index is 0. The van der Waals surface area contributed by atoms with Gasteiger partial charge in [-0.2, -0.15) is 13.2 Å². The van der Waals surface area contributed by atoms with Crippen LogP contribution in [0.5, 0.6) is 0 Å². The van der Waals surface area contributed by atoms with E-state index >= 15 is 0 Å². The number of aliphatic carboxylic acids is 1. The summed E-state index contributed by atoms with van der Waals surface area (Å²) >= 11 is 3.34. The average Bonchev–Trinajstić information content (AvgIpc) is 2.76. The maximum absolute atomic E-state index is 12.9. The predicted molar refractivity (Wildman–Crippen MR) is 77.3 cm³/mol. The molecule has 0 spiro atoms. The van der Waals surface area contributed by atoms with Gasteiger partial charge in [0.15, 0.2) is 0 Å². The Balaban J connectivity index is 0.00000220. The molecule has 1 fully saturated rings. The highest BCUT2D eigenvalue weighted by Gasteiger charge is 2.52. The molecule has 21 heavy (non-hydrogen) atoms. The van der Waals surface area contributed by atoms with Crippen molar-refractivity contribution in [3.05, 3.63) is 34.3 Å². The molecule has 2 rings (SSSR count). The van der Waals surface area contributed by atoms with Gasteiger partial charge in [0.2, 0.25) is 0 Å². The molecule has 0 saturated carbocycles. The molecular formula is C13H14BrClF3NO2. The van der Waals surface area contributed by atoms with E-state index in [2.05, 4.69) is 15.9 Å². The molecule has 1 aromatic carbocycles. The second kappa shape index (κ2) is 6.98. The molecular weight excluding hydrogens is 374 g/mol. The smallest absolute Gasteiger partial charge is 0.393 e. The fourth-order valence-corrected chi connectivity index (χ4v) is 2.87. The van der Waals surface area contributed by atoms with Gasteiger partial charge in [-0.3, -0.25) is 9.69 Å². The summed E-state index contributed by atoms with van der Waals surface area (Å²) in [5.41, 5.74) is 0.847. The Kier molecular flexibility index (Phi) is 6.07. The summed E-state index contributed by atoms with van der Waals surface area (Å²) in [6.45, 7) is -0.0551. The Morgan fingerprint density at radius 2 is 1.95 bits per heavy atom. The Morgan fingerprint density at radius 1 is 1.33 bits per heavy atom. The van der Waals surface area contributed by atoms with Crippen molar-refractivity contribution >= 4 is 34.3 Å². The van der Waals surface area contributed by atoms with Crippen molar-refractivity contribution in [2.24, 2.45) is 11.8 Å². The van der Waals surface area contributed by atoms with E-state index in [1.54, 1.807) is 18.2 Å². The average molecular weight is 389 g/mol. The molecule has 1 heterocycles. The van der Waals surface area contributed by atoms with Crippen LogP contribution in [0.4, 0.5) is 13.2 Å². The third-order valence-corrected chi connectivity index (χ3v) is 4.26. The molecule has 2 atom stereocenters. The number of carboxylic acid groups (broad SMARTS) is 1. The molecule has 0 aliphatic carbocycles. The lowest BCUT2D eigenvalue weighted by Gasteiger charge is -2.18. The van der Waals surface area contributed by atoms with Crippen LogP contribution in [0.1, 0.15) is 5.56 Å². The van der Waals surface area contributed by atoms with E-state index in [9.17, 15) is 18.0 Å². The fraction of sp³-hybridized carbons (Fsp3) is 0.462. The van der Waals surface area contributed by atoms with Gasteiger partial charge < -0.3 is 5.11 Å². The highest BCUT2D eigenvalue weighted by atomic mass is 79.9. The van der Waals surface area contributed by atoms with Crippen LogP contribution in [-0.4, -0.2) is 35.2 Å². The number of halogens is 5. The minimum Gasteiger partial charge on any atom is -0.481 e. The number of hydrogen-bond donors (Lipinski definition) is 1. The Morgan fingerprint density at radius 3 is 2.43 bits per heavy atom. The second-order valence-electron chi connectivity index (χ2n) is 4.88. The van der Waals surface area contributed by atoms with E-state index in [0.29, 0.717) is 6.54 Å². The van der Waals surface area contributed by atoms with Crippen molar-refractivity contribution in [1.29, 1.82) is 0 Å². The molecule has 1 aliphatic rings. The number of nitrogens with zero attached hydrogens (tertiary/aromatic N) is 1. The van der Waals surface area contributed by atoms with Crippen molar-refractivity contribution in [1.82, 2.24) is 4.90 Å². The van der Waals surface area contributed by atoms with Crippen LogP contribution in [0.25, 0.3) is 0 Å². The zero-order valence-corrected chi connectivity index (χ0v) is 13.2. The lowest BCUT2D eigenvalue weighted by Crippen LogP contribution is -2.33. The zero-order chi connectivity index (χ0) is 14.9. The maximum atomic E-state index is 12.9. The first-order valence-corrected chi connectivity index (χ1v) is 6.83. The Hall–Kier alpha value is -0.790. The van der Waals surface area contributed by atoms with Crippen LogP contribution in [0.2, 0.25) is 0 Å². The van der Waals surface area contributed by atoms with Gasteiger partial charge >= 0.3 is 12.1 Å². The third kappa shape index (κ3) is 4.34. The van der Waals surface area contributed by atoms with Crippen LogP contribution in [0.15, 0.2) is 28.7 Å². The first-order valence-electron chi connectivity index (χ1n) is 6.04. The molecule has 1 N–H and O–H groups in total. The predicted octanol–water partition coefficient (Wildman–Crippen LogP) is 3.57. The third-order valence-electron chi connectivity index (χ3n) is 3.48. The summed E-state index contributed by atoms with van der Waals surface area (Å²) in [5.74, 6) is -4.58. The molecule has 0 radical (unpaired) electrons. The Labute approximate surface area is 134 Å². The summed E-state index contributed by atoms with van der Waals surface area (Å²) in [7, 11) is 0. The van der Waals surface area contributed by atoms with E-state index in [1.807, 2.05) is 6.07 Å². The van der Waals surface area contributed by atoms with Crippen LogP contribution in [0.3, 0.4) is 0 Å². The number of hydrogen-bond acceptors (Lipinski definition) is 2. The molecule has 0 amide bonds. The van der Waals surface area contributed by atoms with E-state index in [0.717, 1.165) is 10.0 Å². The van der Waals surface area contributed by atoms with Crippen LogP contribution >= 0.6 is 28.3 Å². The molecule has 0 unspecified atom stereocenters. The number of rotatable bonds is 3. The van der Waals surface area contributed by atoms with Crippen molar-refractivity contribution in [3.8, 4) is 0 Å². The first kappa shape index (κ1) is 18.3.